The molecule has 0 fully saturated rings. The number of nitrogens with zero attached hydrogens (tertiary/aromatic N) is 4. The maximum Gasteiger partial charge on any atom is 0.180 e. The lowest BCUT2D eigenvalue weighted by atomic mass is 10.0. The highest BCUT2D eigenvalue weighted by Gasteiger charge is 2.12. The van der Waals surface area contributed by atoms with E-state index in [2.05, 4.69) is 76.7 Å². The van der Waals surface area contributed by atoms with Crippen molar-refractivity contribution in [2.75, 3.05) is 29.9 Å². The number of benzene rings is 3. The molecule has 0 bridgehead atoms. The first kappa shape index (κ1) is 20.0. The van der Waals surface area contributed by atoms with Crippen LogP contribution in [0.15, 0.2) is 85.3 Å². The highest BCUT2D eigenvalue weighted by atomic mass is 16.3. The maximum absolute atomic E-state index is 9.27. The fourth-order valence-electron chi connectivity index (χ4n) is 4.08. The molecule has 0 radical (unpaired) electrons. The van der Waals surface area contributed by atoms with Crippen molar-refractivity contribution in [3.8, 4) is 11.3 Å². The Hall–Kier alpha value is -3.90. The monoisotopic (exact) mass is 423 g/mol. The van der Waals surface area contributed by atoms with Gasteiger partial charge in [-0.05, 0) is 42.0 Å². The predicted octanol–water partition coefficient (Wildman–Crippen LogP) is 5.11. The van der Waals surface area contributed by atoms with Gasteiger partial charge in [0.1, 0.15) is 0 Å². The molecule has 0 amide bonds. The Morgan fingerprint density at radius 1 is 1.00 bits per heavy atom. The van der Waals surface area contributed by atoms with Crippen molar-refractivity contribution in [3.05, 3.63) is 85.3 Å². The molecule has 0 spiro atoms. The van der Waals surface area contributed by atoms with Gasteiger partial charge in [0.15, 0.2) is 11.5 Å². The molecule has 0 aliphatic heterocycles. The van der Waals surface area contributed by atoms with E-state index in [1.54, 1.807) is 6.20 Å². The fraction of sp³-hybridized carbons (Fsp3) is 0.154. The molecule has 32 heavy (non-hydrogen) atoms. The van der Waals surface area contributed by atoms with Gasteiger partial charge < -0.3 is 19.7 Å². The normalized spacial score (nSPS) is 11.2. The number of imidazole rings is 1. The molecular formula is C26H25N5O. The van der Waals surface area contributed by atoms with Gasteiger partial charge >= 0.3 is 0 Å². The number of anilines is 3. The Morgan fingerprint density at radius 2 is 1.81 bits per heavy atom. The van der Waals surface area contributed by atoms with Crippen LogP contribution >= 0.6 is 0 Å². The van der Waals surface area contributed by atoms with E-state index in [4.69, 9.17) is 4.98 Å². The Bertz CT molecular complexity index is 1350. The van der Waals surface area contributed by atoms with Crippen LogP contribution in [0.25, 0.3) is 27.7 Å². The van der Waals surface area contributed by atoms with Gasteiger partial charge in [0.05, 0.1) is 12.3 Å². The van der Waals surface area contributed by atoms with Crippen LogP contribution in [0.4, 0.5) is 17.2 Å². The number of aliphatic hydroxyl groups is 1. The third kappa shape index (κ3) is 3.76. The minimum Gasteiger partial charge on any atom is -0.395 e. The average Bonchev–Trinajstić information content (AvgIpc) is 3.32. The van der Waals surface area contributed by atoms with Gasteiger partial charge in [0.25, 0.3) is 0 Å². The van der Waals surface area contributed by atoms with E-state index in [0.29, 0.717) is 12.4 Å². The first-order valence-corrected chi connectivity index (χ1v) is 10.8. The summed E-state index contributed by atoms with van der Waals surface area (Å²) in [4.78, 5) is 11.6. The molecule has 3 aromatic carbocycles. The number of aromatic nitrogens is 3. The molecule has 0 aliphatic rings. The van der Waals surface area contributed by atoms with E-state index >= 15 is 0 Å². The molecule has 6 heteroatoms. The lowest BCUT2D eigenvalue weighted by Crippen LogP contribution is -2.25. The second-order valence-corrected chi connectivity index (χ2v) is 7.63. The smallest absolute Gasteiger partial charge is 0.180 e. The molecule has 0 saturated heterocycles. The van der Waals surface area contributed by atoms with Gasteiger partial charge in [-0.15, -0.1) is 0 Å². The molecule has 0 aliphatic carbocycles. The highest BCUT2D eigenvalue weighted by molar-refractivity contribution is 5.96. The molecule has 2 N–H and O–H groups in total. The molecule has 2 heterocycles. The molecule has 0 atom stereocenters. The first-order chi connectivity index (χ1) is 15.8. The zero-order valence-electron chi connectivity index (χ0n) is 17.9. The zero-order chi connectivity index (χ0) is 21.9. The van der Waals surface area contributed by atoms with Crippen molar-refractivity contribution >= 4 is 33.6 Å². The summed E-state index contributed by atoms with van der Waals surface area (Å²) in [6.07, 6.45) is 5.74. The van der Waals surface area contributed by atoms with Gasteiger partial charge in [-0.25, -0.2) is 9.97 Å². The van der Waals surface area contributed by atoms with Gasteiger partial charge in [0, 0.05) is 48.6 Å². The van der Waals surface area contributed by atoms with Crippen LogP contribution in [0.5, 0.6) is 0 Å². The van der Waals surface area contributed by atoms with E-state index in [1.165, 1.54) is 10.8 Å². The summed E-state index contributed by atoms with van der Waals surface area (Å²) in [6.45, 7) is 3.68. The molecule has 5 rings (SSSR count). The van der Waals surface area contributed by atoms with Crippen molar-refractivity contribution in [2.45, 2.75) is 6.92 Å². The lowest BCUT2D eigenvalue weighted by molar-refractivity contribution is 0.302. The van der Waals surface area contributed by atoms with E-state index in [9.17, 15) is 5.11 Å². The summed E-state index contributed by atoms with van der Waals surface area (Å²) in [5.41, 5.74) is 4.75. The average molecular weight is 424 g/mol. The Balaban J connectivity index is 1.53. The van der Waals surface area contributed by atoms with Crippen LogP contribution in [0.1, 0.15) is 6.92 Å². The minimum absolute atomic E-state index is 0.136. The third-order valence-corrected chi connectivity index (χ3v) is 5.69. The highest BCUT2D eigenvalue weighted by Crippen LogP contribution is 2.30. The summed E-state index contributed by atoms with van der Waals surface area (Å²) in [5.74, 6) is 0.705. The molecule has 6 nitrogen and oxygen atoms in total. The van der Waals surface area contributed by atoms with Crippen LogP contribution in [-0.4, -0.2) is 39.2 Å². The number of hydrogen-bond acceptors (Lipinski definition) is 5. The number of nitrogens with one attached hydrogen (secondary N) is 1. The standard InChI is InChI=1S/C26H25N5O/c1-2-30(16-17-32)21-12-10-20(11-13-21)28-25-26-27-14-15-31(26)18-24(29-25)23-9-5-7-19-6-3-4-8-22(19)23/h3-15,18,32H,2,16-17H2,1H3,(H,28,29). The number of likely N-dealkylation sites (N-methyl/N-ethyl adjacent to an activating group) is 1. The quantitative estimate of drug-likeness (QED) is 0.381. The van der Waals surface area contributed by atoms with Crippen molar-refractivity contribution in [2.24, 2.45) is 0 Å². The molecule has 160 valence electrons. The molecule has 0 saturated carbocycles. The fourth-order valence-corrected chi connectivity index (χ4v) is 4.08. The van der Waals surface area contributed by atoms with E-state index in [1.807, 2.05) is 28.9 Å². The second-order valence-electron chi connectivity index (χ2n) is 7.63. The Labute approximate surface area is 186 Å². The van der Waals surface area contributed by atoms with E-state index < -0.39 is 0 Å². The lowest BCUT2D eigenvalue weighted by Gasteiger charge is -2.22. The van der Waals surface area contributed by atoms with Crippen LogP contribution in [0.3, 0.4) is 0 Å². The topological polar surface area (TPSA) is 65.7 Å². The van der Waals surface area contributed by atoms with E-state index in [0.717, 1.165) is 34.8 Å². The SMILES string of the molecule is CCN(CCO)c1ccc(Nc2nc(-c3cccc4ccccc34)cn3ccnc23)cc1. The van der Waals surface area contributed by atoms with Crippen LogP contribution in [0, 0.1) is 0 Å². The molecule has 5 aromatic rings. The number of hydrogen-bond donors (Lipinski definition) is 2. The van der Waals surface area contributed by atoms with Crippen molar-refractivity contribution < 1.29 is 5.11 Å². The largest absolute Gasteiger partial charge is 0.395 e. The van der Waals surface area contributed by atoms with Gasteiger partial charge in [-0.3, -0.25) is 0 Å². The third-order valence-electron chi connectivity index (χ3n) is 5.69. The molecule has 2 aromatic heterocycles. The van der Waals surface area contributed by atoms with Crippen molar-refractivity contribution in [1.29, 1.82) is 0 Å². The van der Waals surface area contributed by atoms with Gasteiger partial charge in [-0.1, -0.05) is 42.5 Å². The summed E-state index contributed by atoms with van der Waals surface area (Å²) in [6, 6.07) is 22.8. The van der Waals surface area contributed by atoms with E-state index in [-0.39, 0.29) is 6.61 Å². The predicted molar refractivity (Wildman–Crippen MR) is 131 cm³/mol. The summed E-state index contributed by atoms with van der Waals surface area (Å²) < 4.78 is 2.00. The zero-order valence-corrected chi connectivity index (χ0v) is 17.9. The molecule has 0 unspecified atom stereocenters. The van der Waals surface area contributed by atoms with Crippen molar-refractivity contribution in [1.82, 2.24) is 14.4 Å². The van der Waals surface area contributed by atoms with Crippen LogP contribution in [-0.2, 0) is 0 Å². The summed E-state index contributed by atoms with van der Waals surface area (Å²) in [7, 11) is 0. The number of aliphatic hydroxyl groups excluding tert-OH is 1. The van der Waals surface area contributed by atoms with Gasteiger partial charge in [-0.2, -0.15) is 0 Å². The molecular weight excluding hydrogens is 398 g/mol. The Morgan fingerprint density at radius 3 is 2.62 bits per heavy atom. The maximum atomic E-state index is 9.27. The number of rotatable bonds is 7. The Kier molecular flexibility index (Phi) is 5.44. The van der Waals surface area contributed by atoms with Crippen LogP contribution < -0.4 is 10.2 Å². The summed E-state index contributed by atoms with van der Waals surface area (Å²) >= 11 is 0. The number of fused-ring (bicyclic) bond motifs is 2. The second kappa shape index (κ2) is 8.69. The van der Waals surface area contributed by atoms with Crippen molar-refractivity contribution in [3.63, 3.8) is 0 Å². The first-order valence-electron chi connectivity index (χ1n) is 10.8. The van der Waals surface area contributed by atoms with Gasteiger partial charge in [0.2, 0.25) is 0 Å². The summed E-state index contributed by atoms with van der Waals surface area (Å²) in [5, 5.41) is 15.1. The minimum atomic E-state index is 0.136. The van der Waals surface area contributed by atoms with Crippen LogP contribution in [0.2, 0.25) is 0 Å².